The largest absolute Gasteiger partial charge is 0.433 e. The van der Waals surface area contributed by atoms with Crippen molar-refractivity contribution in [3.05, 3.63) is 29.6 Å². The predicted octanol–water partition coefficient (Wildman–Crippen LogP) is 2.71. The molecular formula is C9H8F6N2. The van der Waals surface area contributed by atoms with Gasteiger partial charge in [0.25, 0.3) is 0 Å². The lowest BCUT2D eigenvalue weighted by Gasteiger charge is -2.21. The molecule has 0 saturated carbocycles. The second-order valence-corrected chi connectivity index (χ2v) is 3.27. The van der Waals surface area contributed by atoms with Gasteiger partial charge >= 0.3 is 12.4 Å². The summed E-state index contributed by atoms with van der Waals surface area (Å²) in [5.74, 6) is -2.37. The van der Waals surface area contributed by atoms with Crippen LogP contribution in [0.15, 0.2) is 18.3 Å². The molecule has 2 nitrogen and oxygen atoms in total. The first kappa shape index (κ1) is 13.8. The number of pyridine rings is 1. The Labute approximate surface area is 92.4 Å². The van der Waals surface area contributed by atoms with Gasteiger partial charge in [-0.2, -0.15) is 26.3 Å². The van der Waals surface area contributed by atoms with Gasteiger partial charge in [0.1, 0.15) is 5.69 Å². The van der Waals surface area contributed by atoms with Gasteiger partial charge in [0, 0.05) is 12.7 Å². The minimum atomic E-state index is -4.94. The fraction of sp³-hybridized carbons (Fsp3) is 0.444. The van der Waals surface area contributed by atoms with Crippen LogP contribution in [0.1, 0.15) is 17.2 Å². The molecule has 0 spiro atoms. The Morgan fingerprint density at radius 2 is 1.76 bits per heavy atom. The van der Waals surface area contributed by atoms with Crippen LogP contribution in [-0.2, 0) is 6.18 Å². The summed E-state index contributed by atoms with van der Waals surface area (Å²) in [6.07, 6.45) is -8.98. The highest BCUT2D eigenvalue weighted by molar-refractivity contribution is 5.28. The Morgan fingerprint density at radius 3 is 2.18 bits per heavy atom. The van der Waals surface area contributed by atoms with Crippen LogP contribution in [0.4, 0.5) is 26.3 Å². The average Bonchev–Trinajstić information content (AvgIpc) is 2.15. The van der Waals surface area contributed by atoms with Crippen molar-refractivity contribution in [2.24, 2.45) is 5.73 Å². The van der Waals surface area contributed by atoms with Crippen molar-refractivity contribution < 1.29 is 26.3 Å². The van der Waals surface area contributed by atoms with Gasteiger partial charge in [-0.1, -0.05) is 6.07 Å². The molecule has 1 rings (SSSR count). The summed E-state index contributed by atoms with van der Waals surface area (Å²) in [6.45, 7) is -0.960. The second-order valence-electron chi connectivity index (χ2n) is 3.27. The molecule has 1 heterocycles. The van der Waals surface area contributed by atoms with Crippen LogP contribution in [0, 0.1) is 0 Å². The lowest BCUT2D eigenvalue weighted by molar-refractivity contribution is -0.156. The number of hydrogen-bond acceptors (Lipinski definition) is 2. The van der Waals surface area contributed by atoms with Gasteiger partial charge in [-0.25, -0.2) is 0 Å². The van der Waals surface area contributed by atoms with Crippen molar-refractivity contribution in [2.75, 3.05) is 6.54 Å². The standard InChI is InChI=1S/C9H8F6N2/c10-8(11,12)6(4-16)5-2-1-3-17-7(5)9(13,14)15/h1-3,6H,4,16H2. The van der Waals surface area contributed by atoms with Crippen molar-refractivity contribution in [1.29, 1.82) is 0 Å². The maximum atomic E-state index is 12.5. The van der Waals surface area contributed by atoms with E-state index < -0.39 is 36.1 Å². The molecule has 0 amide bonds. The summed E-state index contributed by atoms with van der Waals surface area (Å²) < 4.78 is 74.9. The zero-order valence-corrected chi connectivity index (χ0v) is 8.31. The SMILES string of the molecule is NCC(c1cccnc1C(F)(F)F)C(F)(F)F. The van der Waals surface area contributed by atoms with E-state index in [2.05, 4.69) is 4.98 Å². The van der Waals surface area contributed by atoms with Gasteiger partial charge in [-0.15, -0.1) is 0 Å². The van der Waals surface area contributed by atoms with Gasteiger partial charge in [-0.05, 0) is 11.6 Å². The molecule has 96 valence electrons. The maximum absolute atomic E-state index is 12.5. The zero-order chi connectivity index (χ0) is 13.3. The molecule has 1 unspecified atom stereocenters. The number of rotatable bonds is 2. The van der Waals surface area contributed by atoms with Crippen molar-refractivity contribution >= 4 is 0 Å². The Hall–Kier alpha value is -1.31. The van der Waals surface area contributed by atoms with E-state index in [4.69, 9.17) is 5.73 Å². The molecule has 0 aliphatic carbocycles. The van der Waals surface area contributed by atoms with Crippen molar-refractivity contribution in [3.63, 3.8) is 0 Å². The zero-order valence-electron chi connectivity index (χ0n) is 8.31. The first-order chi connectivity index (χ1) is 7.68. The quantitative estimate of drug-likeness (QED) is 0.828. The van der Waals surface area contributed by atoms with Crippen molar-refractivity contribution in [2.45, 2.75) is 18.3 Å². The van der Waals surface area contributed by atoms with Crippen LogP contribution in [0.25, 0.3) is 0 Å². The smallest absolute Gasteiger partial charge is 0.330 e. The van der Waals surface area contributed by atoms with E-state index in [1.54, 1.807) is 0 Å². The Balaban J connectivity index is 3.30. The Morgan fingerprint density at radius 1 is 1.18 bits per heavy atom. The number of nitrogens with two attached hydrogens (primary N) is 1. The molecule has 0 aliphatic rings. The van der Waals surface area contributed by atoms with Crippen molar-refractivity contribution in [1.82, 2.24) is 4.98 Å². The van der Waals surface area contributed by atoms with Crippen LogP contribution in [0.3, 0.4) is 0 Å². The maximum Gasteiger partial charge on any atom is 0.433 e. The van der Waals surface area contributed by atoms with Crippen LogP contribution < -0.4 is 5.73 Å². The molecule has 1 aromatic heterocycles. The molecule has 8 heteroatoms. The van der Waals surface area contributed by atoms with Crippen LogP contribution in [0.5, 0.6) is 0 Å². The predicted molar refractivity (Wildman–Crippen MR) is 47.1 cm³/mol. The van der Waals surface area contributed by atoms with E-state index >= 15 is 0 Å². The molecule has 0 radical (unpaired) electrons. The third-order valence-corrected chi connectivity index (χ3v) is 2.11. The van der Waals surface area contributed by atoms with Gasteiger partial charge in [-0.3, -0.25) is 4.98 Å². The normalized spacial score (nSPS) is 14.8. The number of halogens is 6. The van der Waals surface area contributed by atoms with Gasteiger partial charge in [0.05, 0.1) is 5.92 Å². The lowest BCUT2D eigenvalue weighted by atomic mass is 9.97. The summed E-state index contributed by atoms with van der Waals surface area (Å²) in [5, 5.41) is 0. The molecule has 0 aromatic carbocycles. The molecule has 1 aromatic rings. The molecule has 0 fully saturated rings. The lowest BCUT2D eigenvalue weighted by Crippen LogP contribution is -2.30. The minimum absolute atomic E-state index is 0.737. The molecular weight excluding hydrogens is 250 g/mol. The molecule has 0 aliphatic heterocycles. The Bertz CT molecular complexity index is 384. The summed E-state index contributed by atoms with van der Waals surface area (Å²) >= 11 is 0. The van der Waals surface area contributed by atoms with Crippen molar-refractivity contribution in [3.8, 4) is 0 Å². The molecule has 17 heavy (non-hydrogen) atoms. The van der Waals surface area contributed by atoms with Crippen LogP contribution >= 0.6 is 0 Å². The summed E-state index contributed by atoms with van der Waals surface area (Å²) in [6, 6.07) is 1.75. The molecule has 0 bridgehead atoms. The molecule has 0 saturated heterocycles. The number of nitrogens with zero attached hydrogens (tertiary/aromatic N) is 1. The monoisotopic (exact) mass is 258 g/mol. The summed E-state index contributed by atoms with van der Waals surface area (Å²) in [4.78, 5) is 2.95. The van der Waals surface area contributed by atoms with Gasteiger partial charge in [0.15, 0.2) is 0 Å². The third kappa shape index (κ3) is 3.09. The fourth-order valence-electron chi connectivity index (χ4n) is 1.37. The van der Waals surface area contributed by atoms with E-state index in [1.165, 1.54) is 0 Å². The Kier molecular flexibility index (Phi) is 3.65. The highest BCUT2D eigenvalue weighted by atomic mass is 19.4. The van der Waals surface area contributed by atoms with Gasteiger partial charge in [0.2, 0.25) is 0 Å². The van der Waals surface area contributed by atoms with Crippen LogP contribution in [0.2, 0.25) is 0 Å². The first-order valence-electron chi connectivity index (χ1n) is 4.46. The van der Waals surface area contributed by atoms with E-state index in [1.807, 2.05) is 0 Å². The first-order valence-corrected chi connectivity index (χ1v) is 4.46. The fourth-order valence-corrected chi connectivity index (χ4v) is 1.37. The number of aromatic nitrogens is 1. The second kappa shape index (κ2) is 4.52. The number of alkyl halides is 6. The van der Waals surface area contributed by atoms with E-state index in [9.17, 15) is 26.3 Å². The minimum Gasteiger partial charge on any atom is -0.330 e. The van der Waals surface area contributed by atoms with E-state index in [0.717, 1.165) is 18.3 Å². The number of hydrogen-bond donors (Lipinski definition) is 1. The third-order valence-electron chi connectivity index (χ3n) is 2.11. The summed E-state index contributed by atoms with van der Waals surface area (Å²) in [7, 11) is 0. The highest BCUT2D eigenvalue weighted by Gasteiger charge is 2.45. The molecule has 2 N–H and O–H groups in total. The average molecular weight is 258 g/mol. The highest BCUT2D eigenvalue weighted by Crippen LogP contribution is 2.39. The van der Waals surface area contributed by atoms with Crippen LogP contribution in [-0.4, -0.2) is 17.7 Å². The van der Waals surface area contributed by atoms with Gasteiger partial charge < -0.3 is 5.73 Å². The van der Waals surface area contributed by atoms with E-state index in [-0.39, 0.29) is 0 Å². The van der Waals surface area contributed by atoms with E-state index in [0.29, 0.717) is 0 Å². The molecule has 1 atom stereocenters. The summed E-state index contributed by atoms with van der Waals surface area (Å²) in [5.41, 5.74) is 2.39. The topological polar surface area (TPSA) is 38.9 Å².